The van der Waals surface area contributed by atoms with Crippen molar-refractivity contribution < 1.29 is 14.3 Å². The lowest BCUT2D eigenvalue weighted by Gasteiger charge is -2.05. The highest BCUT2D eigenvalue weighted by molar-refractivity contribution is 7.99. The fourth-order valence-corrected chi connectivity index (χ4v) is 2.38. The molecule has 0 aliphatic carbocycles. The topological polar surface area (TPSA) is 75.4 Å². The van der Waals surface area contributed by atoms with Crippen LogP contribution >= 0.6 is 11.8 Å². The third-order valence-electron chi connectivity index (χ3n) is 2.72. The fraction of sp³-hybridized carbons (Fsp3) is 0.429. The lowest BCUT2D eigenvalue weighted by molar-refractivity contribution is -0.118. The standard InChI is InChI=1S/C14H18N2O3S/c1-10(17)5-4-8-15-13(18)9-20-14-16-11-6-2-3-7-12(11)19-14/h2-3,6-7,10,17H,4-5,8-9H2,1H3,(H,15,18). The minimum absolute atomic E-state index is 0.0529. The molecule has 0 fully saturated rings. The van der Waals surface area contributed by atoms with Gasteiger partial charge in [0.2, 0.25) is 5.91 Å². The van der Waals surface area contributed by atoms with Gasteiger partial charge in [-0.3, -0.25) is 4.79 Å². The van der Waals surface area contributed by atoms with Gasteiger partial charge in [-0.15, -0.1) is 0 Å². The number of nitrogens with zero attached hydrogens (tertiary/aromatic N) is 1. The van der Waals surface area contributed by atoms with Crippen LogP contribution < -0.4 is 5.32 Å². The normalized spacial score (nSPS) is 12.5. The maximum atomic E-state index is 11.6. The van der Waals surface area contributed by atoms with E-state index in [1.807, 2.05) is 24.3 Å². The Morgan fingerprint density at radius 3 is 3.05 bits per heavy atom. The number of thioether (sulfide) groups is 1. The summed E-state index contributed by atoms with van der Waals surface area (Å²) in [6.45, 7) is 2.32. The molecular formula is C14H18N2O3S. The minimum Gasteiger partial charge on any atom is -0.431 e. The van der Waals surface area contributed by atoms with Gasteiger partial charge in [0.15, 0.2) is 5.58 Å². The van der Waals surface area contributed by atoms with E-state index in [2.05, 4.69) is 10.3 Å². The highest BCUT2D eigenvalue weighted by atomic mass is 32.2. The molecule has 0 radical (unpaired) electrons. The van der Waals surface area contributed by atoms with Crippen LogP contribution in [0.4, 0.5) is 0 Å². The number of aliphatic hydroxyl groups is 1. The fourth-order valence-electron chi connectivity index (χ4n) is 1.72. The van der Waals surface area contributed by atoms with Gasteiger partial charge in [-0.1, -0.05) is 23.9 Å². The molecule has 0 bridgehead atoms. The van der Waals surface area contributed by atoms with E-state index in [0.717, 1.165) is 17.5 Å². The number of hydrogen-bond donors (Lipinski definition) is 2. The van der Waals surface area contributed by atoms with Crippen LogP contribution in [-0.4, -0.2) is 34.4 Å². The van der Waals surface area contributed by atoms with Gasteiger partial charge in [0, 0.05) is 6.54 Å². The number of hydrogen-bond acceptors (Lipinski definition) is 5. The summed E-state index contributed by atoms with van der Waals surface area (Å²) in [5.41, 5.74) is 1.53. The van der Waals surface area contributed by atoms with Crippen molar-refractivity contribution in [3.8, 4) is 0 Å². The van der Waals surface area contributed by atoms with Crippen molar-refractivity contribution in [1.29, 1.82) is 0 Å². The molecule has 1 unspecified atom stereocenters. The minimum atomic E-state index is -0.318. The van der Waals surface area contributed by atoms with Crippen LogP contribution in [0, 0.1) is 0 Å². The van der Waals surface area contributed by atoms with Gasteiger partial charge >= 0.3 is 0 Å². The SMILES string of the molecule is CC(O)CCCNC(=O)CSc1nc2ccccc2o1. The summed E-state index contributed by atoms with van der Waals surface area (Å²) in [7, 11) is 0. The number of carbonyl (C=O) groups excluding carboxylic acids is 1. The number of carbonyl (C=O) groups is 1. The summed E-state index contributed by atoms with van der Waals surface area (Å²) in [6.07, 6.45) is 1.15. The Kier molecular flexibility index (Phi) is 5.43. The molecule has 108 valence electrons. The highest BCUT2D eigenvalue weighted by Gasteiger charge is 2.08. The van der Waals surface area contributed by atoms with Crippen LogP contribution in [0.2, 0.25) is 0 Å². The summed E-state index contributed by atoms with van der Waals surface area (Å²) in [5.74, 6) is 0.226. The first-order valence-corrected chi connectivity index (χ1v) is 7.57. The molecule has 6 heteroatoms. The molecule has 20 heavy (non-hydrogen) atoms. The molecule has 0 saturated heterocycles. The molecular weight excluding hydrogens is 276 g/mol. The monoisotopic (exact) mass is 294 g/mol. The first-order valence-electron chi connectivity index (χ1n) is 6.58. The van der Waals surface area contributed by atoms with E-state index in [1.165, 1.54) is 11.8 Å². The Balaban J connectivity index is 1.73. The molecule has 0 aliphatic heterocycles. The Labute approximate surface area is 121 Å². The Morgan fingerprint density at radius 1 is 1.50 bits per heavy atom. The smallest absolute Gasteiger partial charge is 0.257 e. The largest absolute Gasteiger partial charge is 0.431 e. The van der Waals surface area contributed by atoms with Crippen LogP contribution in [0.1, 0.15) is 19.8 Å². The highest BCUT2D eigenvalue weighted by Crippen LogP contribution is 2.22. The number of para-hydroxylation sites is 2. The zero-order valence-corrected chi connectivity index (χ0v) is 12.2. The lowest BCUT2D eigenvalue weighted by atomic mass is 10.2. The molecule has 1 amide bonds. The quantitative estimate of drug-likeness (QED) is 0.605. The number of nitrogens with one attached hydrogen (secondary N) is 1. The van der Waals surface area contributed by atoms with Crippen LogP contribution in [0.25, 0.3) is 11.1 Å². The molecule has 5 nitrogen and oxygen atoms in total. The number of benzene rings is 1. The summed E-state index contributed by atoms with van der Waals surface area (Å²) < 4.78 is 5.51. The van der Waals surface area contributed by atoms with Gasteiger partial charge in [0.05, 0.1) is 11.9 Å². The van der Waals surface area contributed by atoms with Gasteiger partial charge in [0.25, 0.3) is 5.22 Å². The van der Waals surface area contributed by atoms with Gasteiger partial charge in [-0.25, -0.2) is 4.98 Å². The van der Waals surface area contributed by atoms with E-state index in [4.69, 9.17) is 9.52 Å². The first kappa shape index (κ1) is 14.9. The van der Waals surface area contributed by atoms with Gasteiger partial charge in [-0.05, 0) is 31.9 Å². The molecule has 0 aliphatic rings. The van der Waals surface area contributed by atoms with E-state index in [1.54, 1.807) is 6.92 Å². The molecule has 0 spiro atoms. The second-order valence-electron chi connectivity index (χ2n) is 4.58. The third-order valence-corrected chi connectivity index (χ3v) is 3.55. The zero-order chi connectivity index (χ0) is 14.4. The number of aromatic nitrogens is 1. The van der Waals surface area contributed by atoms with Crippen LogP contribution in [0.15, 0.2) is 33.9 Å². The first-order chi connectivity index (χ1) is 9.65. The summed E-state index contributed by atoms with van der Waals surface area (Å²) >= 11 is 1.28. The molecule has 1 aromatic carbocycles. The van der Waals surface area contributed by atoms with Crippen LogP contribution in [0.3, 0.4) is 0 Å². The number of amides is 1. The van der Waals surface area contributed by atoms with Crippen molar-refractivity contribution in [2.24, 2.45) is 0 Å². The Hall–Kier alpha value is -1.53. The van der Waals surface area contributed by atoms with Gasteiger partial charge < -0.3 is 14.8 Å². The average molecular weight is 294 g/mol. The second kappa shape index (κ2) is 7.31. The third kappa shape index (κ3) is 4.54. The predicted molar refractivity (Wildman–Crippen MR) is 78.7 cm³/mol. The molecule has 1 aromatic heterocycles. The van der Waals surface area contributed by atoms with Crippen LogP contribution in [-0.2, 0) is 4.79 Å². The van der Waals surface area contributed by atoms with Crippen LogP contribution in [0.5, 0.6) is 0 Å². The number of rotatable bonds is 7. The van der Waals surface area contributed by atoms with Crippen molar-refractivity contribution >= 4 is 28.8 Å². The van der Waals surface area contributed by atoms with E-state index in [9.17, 15) is 4.79 Å². The van der Waals surface area contributed by atoms with Gasteiger partial charge in [0.1, 0.15) is 5.52 Å². The van der Waals surface area contributed by atoms with Crippen molar-refractivity contribution in [3.05, 3.63) is 24.3 Å². The van der Waals surface area contributed by atoms with E-state index in [0.29, 0.717) is 18.2 Å². The molecule has 0 saturated carbocycles. The maximum absolute atomic E-state index is 11.6. The van der Waals surface area contributed by atoms with Crippen molar-refractivity contribution in [2.45, 2.75) is 31.1 Å². The summed E-state index contributed by atoms with van der Waals surface area (Å²) in [5, 5.41) is 12.4. The molecule has 2 N–H and O–H groups in total. The van der Waals surface area contributed by atoms with Gasteiger partial charge in [-0.2, -0.15) is 0 Å². The molecule has 2 aromatic rings. The average Bonchev–Trinajstić information content (AvgIpc) is 2.84. The molecule has 1 atom stereocenters. The lowest BCUT2D eigenvalue weighted by Crippen LogP contribution is -2.26. The Bertz CT molecular complexity index is 535. The summed E-state index contributed by atoms with van der Waals surface area (Å²) in [6, 6.07) is 7.51. The number of oxazole rings is 1. The zero-order valence-electron chi connectivity index (χ0n) is 11.3. The number of aliphatic hydroxyl groups excluding tert-OH is 1. The van der Waals surface area contributed by atoms with E-state index >= 15 is 0 Å². The maximum Gasteiger partial charge on any atom is 0.257 e. The second-order valence-corrected chi connectivity index (χ2v) is 5.50. The van der Waals surface area contributed by atoms with E-state index in [-0.39, 0.29) is 17.8 Å². The predicted octanol–water partition coefficient (Wildman–Crippen LogP) is 2.20. The summed E-state index contributed by atoms with van der Waals surface area (Å²) in [4.78, 5) is 15.9. The van der Waals surface area contributed by atoms with Crippen molar-refractivity contribution in [1.82, 2.24) is 10.3 Å². The number of fused-ring (bicyclic) bond motifs is 1. The van der Waals surface area contributed by atoms with Crippen molar-refractivity contribution in [2.75, 3.05) is 12.3 Å². The van der Waals surface area contributed by atoms with E-state index < -0.39 is 0 Å². The Morgan fingerprint density at radius 2 is 2.30 bits per heavy atom. The van der Waals surface area contributed by atoms with Crippen molar-refractivity contribution in [3.63, 3.8) is 0 Å². The molecule has 2 rings (SSSR count). The molecule has 1 heterocycles.